The third kappa shape index (κ3) is 2.99. The Hall–Kier alpha value is -1.02. The Kier molecular flexibility index (Phi) is 4.36. The van der Waals surface area contributed by atoms with E-state index >= 15 is 0 Å². The van der Waals surface area contributed by atoms with Gasteiger partial charge in [0, 0.05) is 6.04 Å². The third-order valence-electron chi connectivity index (χ3n) is 3.28. The summed E-state index contributed by atoms with van der Waals surface area (Å²) in [5, 5.41) is 0. The monoisotopic (exact) mass is 221 g/mol. The Labute approximate surface area is 98.8 Å². The summed E-state index contributed by atoms with van der Waals surface area (Å²) >= 11 is 0. The molecular formula is C14H23NO. The molecule has 1 atom stereocenters. The van der Waals surface area contributed by atoms with E-state index in [1.54, 1.807) is 0 Å². The highest BCUT2D eigenvalue weighted by atomic mass is 16.5. The minimum Gasteiger partial charge on any atom is -0.494 e. The number of nitrogens with two attached hydrogens (primary N) is 1. The van der Waals surface area contributed by atoms with Crippen LogP contribution >= 0.6 is 0 Å². The van der Waals surface area contributed by atoms with Crippen LogP contribution in [0.3, 0.4) is 0 Å². The fourth-order valence-electron chi connectivity index (χ4n) is 1.64. The normalized spacial score (nSPS) is 13.6. The number of ether oxygens (including phenoxy) is 1. The topological polar surface area (TPSA) is 35.2 Å². The molecule has 16 heavy (non-hydrogen) atoms. The van der Waals surface area contributed by atoms with E-state index in [-0.39, 0.29) is 11.5 Å². The first-order chi connectivity index (χ1) is 7.51. The summed E-state index contributed by atoms with van der Waals surface area (Å²) in [6, 6.07) is 8.15. The molecule has 1 unspecified atom stereocenters. The molecule has 0 bridgehead atoms. The van der Waals surface area contributed by atoms with Gasteiger partial charge in [-0.2, -0.15) is 0 Å². The van der Waals surface area contributed by atoms with Gasteiger partial charge in [0.25, 0.3) is 0 Å². The van der Waals surface area contributed by atoms with Crippen molar-refractivity contribution in [3.05, 3.63) is 29.8 Å². The van der Waals surface area contributed by atoms with Gasteiger partial charge in [-0.1, -0.05) is 32.9 Å². The van der Waals surface area contributed by atoms with Crippen LogP contribution in [0.5, 0.6) is 5.75 Å². The number of hydrogen-bond acceptors (Lipinski definition) is 2. The molecule has 0 fully saturated rings. The quantitative estimate of drug-likeness (QED) is 0.825. The minimum atomic E-state index is 0.0536. The number of benzene rings is 1. The van der Waals surface area contributed by atoms with Crippen molar-refractivity contribution < 1.29 is 4.74 Å². The molecule has 0 aromatic heterocycles. The SMILES string of the molecule is CCOc1cccc(C(N)C(C)(C)CC)c1. The molecule has 2 heteroatoms. The van der Waals surface area contributed by atoms with Gasteiger partial charge in [0.1, 0.15) is 5.75 Å². The highest BCUT2D eigenvalue weighted by Gasteiger charge is 2.25. The van der Waals surface area contributed by atoms with Crippen molar-refractivity contribution in [2.24, 2.45) is 11.1 Å². The molecule has 90 valence electrons. The molecule has 0 aliphatic carbocycles. The lowest BCUT2D eigenvalue weighted by atomic mass is 9.79. The van der Waals surface area contributed by atoms with Crippen molar-refractivity contribution >= 4 is 0 Å². The first-order valence-corrected chi connectivity index (χ1v) is 5.99. The van der Waals surface area contributed by atoms with Crippen LogP contribution in [-0.4, -0.2) is 6.61 Å². The van der Waals surface area contributed by atoms with Crippen LogP contribution in [0.15, 0.2) is 24.3 Å². The predicted octanol–water partition coefficient (Wildman–Crippen LogP) is 3.52. The highest BCUT2D eigenvalue weighted by molar-refractivity contribution is 5.31. The van der Waals surface area contributed by atoms with Crippen molar-refractivity contribution in [2.75, 3.05) is 6.61 Å². The lowest BCUT2D eigenvalue weighted by molar-refractivity contribution is 0.277. The van der Waals surface area contributed by atoms with Gasteiger partial charge in [-0.25, -0.2) is 0 Å². The van der Waals surface area contributed by atoms with Crippen molar-refractivity contribution in [3.63, 3.8) is 0 Å². The molecule has 2 nitrogen and oxygen atoms in total. The summed E-state index contributed by atoms with van der Waals surface area (Å²) in [4.78, 5) is 0. The van der Waals surface area contributed by atoms with Crippen LogP contribution in [0, 0.1) is 5.41 Å². The van der Waals surface area contributed by atoms with Crippen molar-refractivity contribution in [3.8, 4) is 5.75 Å². The fourth-order valence-corrected chi connectivity index (χ4v) is 1.64. The molecule has 0 saturated heterocycles. The van der Waals surface area contributed by atoms with Crippen LogP contribution in [0.25, 0.3) is 0 Å². The van der Waals surface area contributed by atoms with Crippen molar-refractivity contribution in [1.29, 1.82) is 0 Å². The zero-order valence-corrected chi connectivity index (χ0v) is 10.8. The Morgan fingerprint density at radius 1 is 1.31 bits per heavy atom. The van der Waals surface area contributed by atoms with E-state index in [1.807, 2.05) is 25.1 Å². The first kappa shape index (κ1) is 13.0. The van der Waals surface area contributed by atoms with Gasteiger partial charge >= 0.3 is 0 Å². The van der Waals surface area contributed by atoms with Gasteiger partial charge in [-0.15, -0.1) is 0 Å². The lowest BCUT2D eigenvalue weighted by Gasteiger charge is -2.30. The van der Waals surface area contributed by atoms with Gasteiger partial charge < -0.3 is 10.5 Å². The minimum absolute atomic E-state index is 0.0536. The summed E-state index contributed by atoms with van der Waals surface area (Å²) in [7, 11) is 0. The molecule has 1 rings (SSSR count). The van der Waals surface area contributed by atoms with E-state index in [1.165, 1.54) is 0 Å². The standard InChI is InChI=1S/C14H23NO/c1-5-14(3,4)13(15)11-8-7-9-12(10-11)16-6-2/h7-10,13H,5-6,15H2,1-4H3. The second-order valence-electron chi connectivity index (χ2n) is 4.83. The van der Waals surface area contributed by atoms with Crippen LogP contribution in [0.2, 0.25) is 0 Å². The maximum absolute atomic E-state index is 6.29. The second-order valence-corrected chi connectivity index (χ2v) is 4.83. The molecule has 0 aliphatic heterocycles. The van der Waals surface area contributed by atoms with Crippen LogP contribution < -0.4 is 10.5 Å². The largest absolute Gasteiger partial charge is 0.494 e. The summed E-state index contributed by atoms with van der Waals surface area (Å²) in [6.45, 7) is 9.25. The smallest absolute Gasteiger partial charge is 0.119 e. The Morgan fingerprint density at radius 3 is 2.56 bits per heavy atom. The van der Waals surface area contributed by atoms with E-state index in [0.29, 0.717) is 6.61 Å². The van der Waals surface area contributed by atoms with Gasteiger partial charge in [-0.3, -0.25) is 0 Å². The van der Waals surface area contributed by atoms with Gasteiger partial charge in [0.05, 0.1) is 6.61 Å². The van der Waals surface area contributed by atoms with Crippen LogP contribution in [0.1, 0.15) is 45.7 Å². The predicted molar refractivity (Wildman–Crippen MR) is 68.6 cm³/mol. The van der Waals surface area contributed by atoms with E-state index in [2.05, 4.69) is 26.8 Å². The number of rotatable bonds is 5. The first-order valence-electron chi connectivity index (χ1n) is 5.99. The average Bonchev–Trinajstić information content (AvgIpc) is 2.29. The Morgan fingerprint density at radius 2 is 2.00 bits per heavy atom. The lowest BCUT2D eigenvalue weighted by Crippen LogP contribution is -2.28. The van der Waals surface area contributed by atoms with Gasteiger partial charge in [-0.05, 0) is 36.5 Å². The molecule has 1 aromatic carbocycles. The molecule has 0 aliphatic rings. The van der Waals surface area contributed by atoms with Crippen molar-refractivity contribution in [1.82, 2.24) is 0 Å². The molecule has 0 heterocycles. The molecular weight excluding hydrogens is 198 g/mol. The third-order valence-corrected chi connectivity index (χ3v) is 3.28. The Bertz CT molecular complexity index is 333. The Balaban J connectivity index is 2.91. The maximum atomic E-state index is 6.29. The molecule has 0 spiro atoms. The number of hydrogen-bond donors (Lipinski definition) is 1. The van der Waals surface area contributed by atoms with E-state index in [4.69, 9.17) is 10.5 Å². The zero-order chi connectivity index (χ0) is 12.2. The molecule has 0 radical (unpaired) electrons. The molecule has 0 amide bonds. The van der Waals surface area contributed by atoms with E-state index in [9.17, 15) is 0 Å². The molecule has 1 aromatic rings. The zero-order valence-electron chi connectivity index (χ0n) is 10.8. The highest BCUT2D eigenvalue weighted by Crippen LogP contribution is 2.35. The van der Waals surface area contributed by atoms with Crippen molar-refractivity contribution in [2.45, 2.75) is 40.2 Å². The average molecular weight is 221 g/mol. The summed E-state index contributed by atoms with van der Waals surface area (Å²) in [5.74, 6) is 0.905. The molecule has 2 N–H and O–H groups in total. The summed E-state index contributed by atoms with van der Waals surface area (Å²) < 4.78 is 5.49. The fraction of sp³-hybridized carbons (Fsp3) is 0.571. The molecule has 0 saturated carbocycles. The van der Waals surface area contributed by atoms with Gasteiger partial charge in [0.2, 0.25) is 0 Å². The second kappa shape index (κ2) is 5.35. The summed E-state index contributed by atoms with van der Waals surface area (Å²) in [6.07, 6.45) is 1.06. The summed E-state index contributed by atoms with van der Waals surface area (Å²) in [5.41, 5.74) is 7.56. The van der Waals surface area contributed by atoms with Crippen LogP contribution in [0.4, 0.5) is 0 Å². The van der Waals surface area contributed by atoms with E-state index < -0.39 is 0 Å². The maximum Gasteiger partial charge on any atom is 0.119 e. The van der Waals surface area contributed by atoms with Crippen LogP contribution in [-0.2, 0) is 0 Å². The van der Waals surface area contributed by atoms with E-state index in [0.717, 1.165) is 17.7 Å². The van der Waals surface area contributed by atoms with Gasteiger partial charge in [0.15, 0.2) is 0 Å².